The van der Waals surface area contributed by atoms with Gasteiger partial charge in [0.25, 0.3) is 0 Å². The van der Waals surface area contributed by atoms with Crippen LogP contribution in [0.15, 0.2) is 23.1 Å². The predicted octanol–water partition coefficient (Wildman–Crippen LogP) is 1.24. The molecule has 0 spiro atoms. The Balaban J connectivity index is 2.21. The first kappa shape index (κ1) is 15.2. The molecule has 2 atom stereocenters. The highest BCUT2D eigenvalue weighted by molar-refractivity contribution is 7.89. The van der Waals surface area contributed by atoms with Gasteiger partial charge in [-0.15, -0.1) is 0 Å². The molecule has 20 heavy (non-hydrogen) atoms. The van der Waals surface area contributed by atoms with Gasteiger partial charge < -0.3 is 10.8 Å². The first-order valence-electron chi connectivity index (χ1n) is 6.61. The third-order valence-electron chi connectivity index (χ3n) is 3.65. The number of aliphatic hydroxyl groups is 1. The summed E-state index contributed by atoms with van der Waals surface area (Å²) in [6.07, 6.45) is 3.36. The summed E-state index contributed by atoms with van der Waals surface area (Å²) in [6.45, 7) is -0.0571. The third-order valence-corrected chi connectivity index (χ3v) is 5.12. The van der Waals surface area contributed by atoms with Crippen LogP contribution in [0.25, 0.3) is 0 Å². The van der Waals surface area contributed by atoms with Gasteiger partial charge in [-0.05, 0) is 37.0 Å². The first-order valence-corrected chi connectivity index (χ1v) is 8.10. The lowest BCUT2D eigenvalue weighted by molar-refractivity contribution is 0.164. The van der Waals surface area contributed by atoms with E-state index in [0.717, 1.165) is 31.4 Å². The maximum absolute atomic E-state index is 13.3. The van der Waals surface area contributed by atoms with Crippen molar-refractivity contribution in [1.29, 1.82) is 0 Å². The van der Waals surface area contributed by atoms with E-state index in [1.807, 2.05) is 0 Å². The van der Waals surface area contributed by atoms with E-state index < -0.39 is 15.8 Å². The summed E-state index contributed by atoms with van der Waals surface area (Å²) in [4.78, 5) is -0.183. The Morgan fingerprint density at radius 2 is 2.00 bits per heavy atom. The summed E-state index contributed by atoms with van der Waals surface area (Å²) in [5.74, 6) is -0.780. The average Bonchev–Trinajstić information content (AvgIpc) is 2.38. The number of sulfonamides is 1. The van der Waals surface area contributed by atoms with Crippen LogP contribution in [0, 0.1) is 11.7 Å². The molecule has 0 aromatic heterocycles. The maximum Gasteiger partial charge on any atom is 0.241 e. The van der Waals surface area contributed by atoms with Gasteiger partial charge in [-0.1, -0.05) is 12.8 Å². The third kappa shape index (κ3) is 3.47. The number of hydrogen-bond donors (Lipinski definition) is 3. The van der Waals surface area contributed by atoms with Gasteiger partial charge in [0, 0.05) is 18.3 Å². The highest BCUT2D eigenvalue weighted by Gasteiger charge is 2.29. The normalized spacial score (nSPS) is 23.7. The lowest BCUT2D eigenvalue weighted by Crippen LogP contribution is -2.43. The molecule has 1 fully saturated rings. The summed E-state index contributed by atoms with van der Waals surface area (Å²) >= 11 is 0. The molecule has 1 aliphatic carbocycles. The van der Waals surface area contributed by atoms with E-state index in [9.17, 15) is 17.9 Å². The molecular weight excluding hydrogens is 283 g/mol. The van der Waals surface area contributed by atoms with E-state index in [0.29, 0.717) is 6.42 Å². The van der Waals surface area contributed by atoms with Crippen molar-refractivity contribution in [2.24, 2.45) is 5.92 Å². The number of benzene rings is 1. The molecule has 1 saturated carbocycles. The molecule has 0 radical (unpaired) electrons. The molecule has 0 aliphatic heterocycles. The monoisotopic (exact) mass is 302 g/mol. The topological polar surface area (TPSA) is 92.4 Å². The minimum absolute atomic E-state index is 0.0571. The summed E-state index contributed by atoms with van der Waals surface area (Å²) in [7, 11) is -3.83. The number of nitrogens with one attached hydrogen (secondary N) is 1. The van der Waals surface area contributed by atoms with Crippen molar-refractivity contribution >= 4 is 15.7 Å². The smallest absolute Gasteiger partial charge is 0.241 e. The van der Waals surface area contributed by atoms with Crippen LogP contribution in [0.4, 0.5) is 10.1 Å². The fraction of sp³-hybridized carbons (Fsp3) is 0.538. The van der Waals surface area contributed by atoms with Crippen molar-refractivity contribution in [1.82, 2.24) is 4.72 Å². The van der Waals surface area contributed by atoms with E-state index >= 15 is 0 Å². The van der Waals surface area contributed by atoms with Crippen molar-refractivity contribution < 1.29 is 17.9 Å². The fourth-order valence-corrected chi connectivity index (χ4v) is 3.99. The van der Waals surface area contributed by atoms with Crippen LogP contribution in [-0.4, -0.2) is 26.2 Å². The molecule has 5 nitrogen and oxygen atoms in total. The Hall–Kier alpha value is -1.18. The van der Waals surface area contributed by atoms with Crippen molar-refractivity contribution in [3.63, 3.8) is 0 Å². The molecule has 112 valence electrons. The highest BCUT2D eigenvalue weighted by atomic mass is 32.2. The molecule has 0 heterocycles. The van der Waals surface area contributed by atoms with Crippen LogP contribution >= 0.6 is 0 Å². The molecule has 0 saturated heterocycles. The molecular formula is C13H19FN2O3S. The number of halogens is 1. The van der Waals surface area contributed by atoms with Crippen molar-refractivity contribution in [2.45, 2.75) is 36.6 Å². The number of aliphatic hydroxyl groups excluding tert-OH is 1. The predicted molar refractivity (Wildman–Crippen MR) is 74.0 cm³/mol. The van der Waals surface area contributed by atoms with Gasteiger partial charge in [0.2, 0.25) is 10.0 Å². The van der Waals surface area contributed by atoms with Crippen LogP contribution in [-0.2, 0) is 10.0 Å². The minimum atomic E-state index is -3.83. The first-order chi connectivity index (χ1) is 9.42. The van der Waals surface area contributed by atoms with E-state index in [1.54, 1.807) is 0 Å². The maximum atomic E-state index is 13.3. The molecule has 1 aliphatic rings. The quantitative estimate of drug-likeness (QED) is 0.730. The molecule has 4 N–H and O–H groups in total. The zero-order chi connectivity index (χ0) is 14.8. The van der Waals surface area contributed by atoms with Gasteiger partial charge in [0.15, 0.2) is 0 Å². The van der Waals surface area contributed by atoms with Gasteiger partial charge in [-0.2, -0.15) is 0 Å². The van der Waals surface area contributed by atoms with Crippen LogP contribution < -0.4 is 10.5 Å². The standard InChI is InChI=1S/C13H19FN2O3S/c14-10-5-11(15)7-12(6-10)20(18,19)16-13-4-2-1-3-9(13)8-17/h5-7,9,13,16-17H,1-4,8,15H2. The molecule has 7 heteroatoms. The molecule has 1 aromatic carbocycles. The van der Waals surface area contributed by atoms with Crippen molar-refractivity contribution in [3.05, 3.63) is 24.0 Å². The number of nitrogen functional groups attached to an aromatic ring is 1. The van der Waals surface area contributed by atoms with Crippen LogP contribution in [0.2, 0.25) is 0 Å². The Kier molecular flexibility index (Phi) is 4.62. The fourth-order valence-electron chi connectivity index (χ4n) is 2.59. The lowest BCUT2D eigenvalue weighted by atomic mass is 9.86. The molecule has 0 bridgehead atoms. The Bertz CT molecular complexity index is 557. The molecule has 1 aromatic rings. The van der Waals surface area contributed by atoms with Crippen LogP contribution in [0.3, 0.4) is 0 Å². The van der Waals surface area contributed by atoms with Gasteiger partial charge >= 0.3 is 0 Å². The summed E-state index contributed by atoms with van der Waals surface area (Å²) < 4.78 is 40.3. The minimum Gasteiger partial charge on any atom is -0.399 e. The Morgan fingerprint density at radius 3 is 2.65 bits per heavy atom. The largest absolute Gasteiger partial charge is 0.399 e. The average molecular weight is 302 g/mol. The Morgan fingerprint density at radius 1 is 1.30 bits per heavy atom. The highest BCUT2D eigenvalue weighted by Crippen LogP contribution is 2.26. The van der Waals surface area contributed by atoms with Gasteiger partial charge in [-0.25, -0.2) is 17.5 Å². The Labute approximate surface area is 118 Å². The second-order valence-electron chi connectivity index (χ2n) is 5.18. The van der Waals surface area contributed by atoms with Crippen LogP contribution in [0.1, 0.15) is 25.7 Å². The SMILES string of the molecule is Nc1cc(F)cc(S(=O)(=O)NC2CCCCC2CO)c1. The lowest BCUT2D eigenvalue weighted by Gasteiger charge is -2.30. The van der Waals surface area contributed by atoms with Crippen LogP contribution in [0.5, 0.6) is 0 Å². The molecule has 2 unspecified atom stereocenters. The zero-order valence-electron chi connectivity index (χ0n) is 11.0. The van der Waals surface area contributed by atoms with E-state index in [4.69, 9.17) is 5.73 Å². The zero-order valence-corrected chi connectivity index (χ0v) is 11.9. The van der Waals surface area contributed by atoms with E-state index in [-0.39, 0.29) is 29.1 Å². The molecule has 2 rings (SSSR count). The summed E-state index contributed by atoms with van der Waals surface area (Å²) in [5.41, 5.74) is 5.53. The van der Waals surface area contributed by atoms with Gasteiger partial charge in [0.05, 0.1) is 4.90 Å². The van der Waals surface area contributed by atoms with Crippen molar-refractivity contribution in [2.75, 3.05) is 12.3 Å². The van der Waals surface area contributed by atoms with E-state index in [2.05, 4.69) is 4.72 Å². The molecule has 0 amide bonds. The van der Waals surface area contributed by atoms with Gasteiger partial charge in [0.1, 0.15) is 5.82 Å². The van der Waals surface area contributed by atoms with Gasteiger partial charge in [-0.3, -0.25) is 0 Å². The second kappa shape index (κ2) is 6.07. The summed E-state index contributed by atoms with van der Waals surface area (Å²) in [5, 5.41) is 9.30. The van der Waals surface area contributed by atoms with Crippen molar-refractivity contribution in [3.8, 4) is 0 Å². The number of rotatable bonds is 4. The number of anilines is 1. The number of nitrogens with two attached hydrogens (primary N) is 1. The number of hydrogen-bond acceptors (Lipinski definition) is 4. The summed E-state index contributed by atoms with van der Waals surface area (Å²) in [6, 6.07) is 2.91. The van der Waals surface area contributed by atoms with E-state index in [1.165, 1.54) is 6.07 Å². The second-order valence-corrected chi connectivity index (χ2v) is 6.89.